The molecule has 0 heterocycles. The van der Waals surface area contributed by atoms with Gasteiger partial charge >= 0.3 is 0 Å². The van der Waals surface area contributed by atoms with Gasteiger partial charge in [0.05, 0.1) is 12.6 Å². The van der Waals surface area contributed by atoms with Crippen molar-refractivity contribution in [2.45, 2.75) is 12.5 Å². The van der Waals surface area contributed by atoms with Crippen molar-refractivity contribution in [1.82, 2.24) is 10.6 Å². The lowest BCUT2D eigenvalue weighted by Crippen LogP contribution is -2.46. The number of amides is 2. The quantitative estimate of drug-likeness (QED) is 0.302. The van der Waals surface area contributed by atoms with Gasteiger partial charge in [-0.05, 0) is 41.3 Å². The Bertz CT molecular complexity index is 1370. The lowest BCUT2D eigenvalue weighted by Gasteiger charge is -2.19. The van der Waals surface area contributed by atoms with E-state index in [1.54, 1.807) is 36.4 Å². The molecule has 1 atom stereocenters. The summed E-state index contributed by atoms with van der Waals surface area (Å²) in [6.07, 6.45) is 4.14. The van der Waals surface area contributed by atoms with E-state index in [0.717, 1.165) is 16.7 Å². The van der Waals surface area contributed by atoms with Crippen LogP contribution >= 0.6 is 0 Å². The molecule has 4 aromatic rings. The standard InChI is InChI=1S/C32H28N2O3/c35-30(23-33-31(36)27-17-8-3-9-18-27)29(22-25-14-6-2-7-15-25)34-32(37)28-19-11-10-16-26(28)21-20-24-12-4-1-5-13-24/h1-21,29H,22-23H2,(H,33,36)(H,34,37)/t29-/m0/s1. The number of carbonyl (C=O) groups is 3. The number of rotatable bonds is 10. The van der Waals surface area contributed by atoms with Crippen LogP contribution in [0.15, 0.2) is 115 Å². The zero-order valence-corrected chi connectivity index (χ0v) is 20.3. The minimum atomic E-state index is -0.808. The van der Waals surface area contributed by atoms with E-state index < -0.39 is 6.04 Å². The maximum absolute atomic E-state index is 13.4. The van der Waals surface area contributed by atoms with Crippen LogP contribution in [0.5, 0.6) is 0 Å². The maximum atomic E-state index is 13.4. The van der Waals surface area contributed by atoms with Crippen LogP contribution in [0.3, 0.4) is 0 Å². The molecule has 0 saturated carbocycles. The molecule has 5 nitrogen and oxygen atoms in total. The van der Waals surface area contributed by atoms with Crippen molar-refractivity contribution >= 4 is 29.7 Å². The fraction of sp³-hybridized carbons (Fsp3) is 0.0938. The first-order valence-electron chi connectivity index (χ1n) is 12.1. The molecule has 0 aliphatic heterocycles. The van der Waals surface area contributed by atoms with Gasteiger partial charge in [-0.1, -0.05) is 109 Å². The summed E-state index contributed by atoms with van der Waals surface area (Å²) >= 11 is 0. The van der Waals surface area contributed by atoms with Crippen LogP contribution in [-0.4, -0.2) is 30.2 Å². The Morgan fingerprint density at radius 2 is 1.24 bits per heavy atom. The van der Waals surface area contributed by atoms with Crippen LogP contribution < -0.4 is 10.6 Å². The summed E-state index contributed by atoms with van der Waals surface area (Å²) in [5.41, 5.74) is 3.61. The van der Waals surface area contributed by atoms with E-state index >= 15 is 0 Å². The van der Waals surface area contributed by atoms with Gasteiger partial charge in [0.15, 0.2) is 5.78 Å². The Labute approximate surface area is 216 Å². The molecule has 0 aliphatic rings. The van der Waals surface area contributed by atoms with E-state index in [2.05, 4.69) is 10.6 Å². The van der Waals surface area contributed by atoms with Crippen LogP contribution in [0.2, 0.25) is 0 Å². The predicted octanol–water partition coefficient (Wildman–Crippen LogP) is 5.20. The lowest BCUT2D eigenvalue weighted by atomic mass is 10.00. The van der Waals surface area contributed by atoms with Crippen molar-refractivity contribution < 1.29 is 14.4 Å². The van der Waals surface area contributed by atoms with E-state index in [1.807, 2.05) is 91.0 Å². The summed E-state index contributed by atoms with van der Waals surface area (Å²) in [7, 11) is 0. The van der Waals surface area contributed by atoms with Crippen molar-refractivity contribution in [3.63, 3.8) is 0 Å². The normalized spacial score (nSPS) is 11.6. The Balaban J connectivity index is 1.50. The molecule has 5 heteroatoms. The van der Waals surface area contributed by atoms with E-state index in [0.29, 0.717) is 17.5 Å². The summed E-state index contributed by atoms with van der Waals surface area (Å²) in [5, 5.41) is 5.59. The molecule has 4 rings (SSSR count). The monoisotopic (exact) mass is 488 g/mol. The zero-order valence-electron chi connectivity index (χ0n) is 20.3. The van der Waals surface area contributed by atoms with Gasteiger partial charge in [-0.3, -0.25) is 14.4 Å². The van der Waals surface area contributed by atoms with E-state index in [4.69, 9.17) is 0 Å². The molecular weight excluding hydrogens is 460 g/mol. The highest BCUT2D eigenvalue weighted by molar-refractivity contribution is 6.02. The number of benzene rings is 4. The minimum Gasteiger partial charge on any atom is -0.345 e. The fourth-order valence-electron chi connectivity index (χ4n) is 3.91. The lowest BCUT2D eigenvalue weighted by molar-refractivity contribution is -0.119. The molecule has 0 unspecified atom stereocenters. The SMILES string of the molecule is O=C(NCC(=O)[C@H](Cc1ccccc1)NC(=O)c1ccccc1C=Cc1ccccc1)c1ccccc1. The third-order valence-electron chi connectivity index (χ3n) is 5.90. The second-order valence-corrected chi connectivity index (χ2v) is 8.56. The van der Waals surface area contributed by atoms with Crippen LogP contribution in [0, 0.1) is 0 Å². The molecule has 2 amide bonds. The maximum Gasteiger partial charge on any atom is 0.252 e. The average Bonchev–Trinajstić information content (AvgIpc) is 2.96. The molecular formula is C32H28N2O3. The number of hydrogen-bond acceptors (Lipinski definition) is 3. The number of carbonyl (C=O) groups excluding carboxylic acids is 3. The highest BCUT2D eigenvalue weighted by atomic mass is 16.2. The molecule has 0 aliphatic carbocycles. The van der Waals surface area contributed by atoms with Gasteiger partial charge in [-0.25, -0.2) is 0 Å². The van der Waals surface area contributed by atoms with Crippen LogP contribution in [0.25, 0.3) is 12.2 Å². The second kappa shape index (κ2) is 12.8. The summed E-state index contributed by atoms with van der Waals surface area (Å²) in [6.45, 7) is -0.193. The molecule has 0 radical (unpaired) electrons. The molecule has 0 saturated heterocycles. The third-order valence-corrected chi connectivity index (χ3v) is 5.90. The van der Waals surface area contributed by atoms with Crippen LogP contribution in [-0.2, 0) is 11.2 Å². The number of ketones is 1. The summed E-state index contributed by atoms with van der Waals surface area (Å²) < 4.78 is 0. The van der Waals surface area contributed by atoms with Crippen LogP contribution in [0.1, 0.15) is 37.4 Å². The van der Waals surface area contributed by atoms with Gasteiger partial charge in [-0.15, -0.1) is 0 Å². The highest BCUT2D eigenvalue weighted by Gasteiger charge is 2.23. The van der Waals surface area contributed by atoms with Crippen molar-refractivity contribution in [2.75, 3.05) is 6.54 Å². The highest BCUT2D eigenvalue weighted by Crippen LogP contribution is 2.15. The predicted molar refractivity (Wildman–Crippen MR) is 147 cm³/mol. The molecule has 37 heavy (non-hydrogen) atoms. The molecule has 0 spiro atoms. The summed E-state index contributed by atoms with van der Waals surface area (Å²) in [4.78, 5) is 39.0. The fourth-order valence-corrected chi connectivity index (χ4v) is 3.91. The first-order valence-corrected chi connectivity index (χ1v) is 12.1. The average molecular weight is 489 g/mol. The molecule has 0 fully saturated rings. The summed E-state index contributed by atoms with van der Waals surface area (Å²) in [5.74, 6) is -0.967. The Morgan fingerprint density at radius 3 is 1.95 bits per heavy atom. The van der Waals surface area contributed by atoms with Crippen LogP contribution in [0.4, 0.5) is 0 Å². The Morgan fingerprint density at radius 1 is 0.649 bits per heavy atom. The first kappa shape index (κ1) is 25.3. The largest absolute Gasteiger partial charge is 0.345 e. The second-order valence-electron chi connectivity index (χ2n) is 8.56. The van der Waals surface area contributed by atoms with Gasteiger partial charge in [0.25, 0.3) is 11.8 Å². The Hall–Kier alpha value is -4.77. The van der Waals surface area contributed by atoms with E-state index in [9.17, 15) is 14.4 Å². The number of nitrogens with one attached hydrogen (secondary N) is 2. The van der Waals surface area contributed by atoms with E-state index in [1.165, 1.54) is 0 Å². The van der Waals surface area contributed by atoms with Crippen molar-refractivity contribution in [1.29, 1.82) is 0 Å². The van der Waals surface area contributed by atoms with E-state index in [-0.39, 0.29) is 24.1 Å². The van der Waals surface area contributed by atoms with Gasteiger partial charge in [0, 0.05) is 11.1 Å². The number of Topliss-reactive ketones (excluding diaryl/α,β-unsaturated/α-hetero) is 1. The zero-order chi connectivity index (χ0) is 25.9. The topological polar surface area (TPSA) is 75.3 Å². The molecule has 184 valence electrons. The Kier molecular flexibility index (Phi) is 8.76. The molecule has 2 N–H and O–H groups in total. The van der Waals surface area contributed by atoms with Crippen molar-refractivity contribution in [2.24, 2.45) is 0 Å². The van der Waals surface area contributed by atoms with Gasteiger partial charge in [0.2, 0.25) is 0 Å². The van der Waals surface area contributed by atoms with Gasteiger partial charge in [-0.2, -0.15) is 0 Å². The molecule has 4 aromatic carbocycles. The first-order chi connectivity index (χ1) is 18.1. The summed E-state index contributed by atoms with van der Waals surface area (Å²) in [6, 6.07) is 34.5. The van der Waals surface area contributed by atoms with Gasteiger partial charge < -0.3 is 10.6 Å². The molecule has 0 bridgehead atoms. The smallest absolute Gasteiger partial charge is 0.252 e. The van der Waals surface area contributed by atoms with Crippen molar-refractivity contribution in [3.05, 3.63) is 143 Å². The van der Waals surface area contributed by atoms with Gasteiger partial charge in [0.1, 0.15) is 0 Å². The minimum absolute atomic E-state index is 0.193. The molecule has 0 aromatic heterocycles. The number of hydrogen-bond donors (Lipinski definition) is 2. The third kappa shape index (κ3) is 7.36. The van der Waals surface area contributed by atoms with Crippen molar-refractivity contribution in [3.8, 4) is 0 Å².